The number of halogens is 2. The number of nitrogens with zero attached hydrogens (tertiary/aromatic N) is 1. The normalized spacial score (nSPS) is 12.0. The van der Waals surface area contributed by atoms with Gasteiger partial charge in [-0.05, 0) is 25.1 Å². The summed E-state index contributed by atoms with van der Waals surface area (Å²) in [6.07, 6.45) is 2.99. The topological polar surface area (TPSA) is 106 Å². The van der Waals surface area contributed by atoms with Crippen molar-refractivity contribution in [1.29, 1.82) is 0 Å². The fourth-order valence-corrected chi connectivity index (χ4v) is 2.04. The molecule has 0 radical (unpaired) electrons. The molecule has 2 rings (SSSR count). The molecule has 8 heteroatoms. The van der Waals surface area contributed by atoms with Crippen molar-refractivity contribution < 1.29 is 24.2 Å². The molecule has 6 nitrogen and oxygen atoms in total. The highest BCUT2D eigenvalue weighted by Gasteiger charge is 2.09. The molecule has 1 heterocycles. The van der Waals surface area contributed by atoms with Gasteiger partial charge in [-0.25, -0.2) is 14.0 Å². The highest BCUT2D eigenvalue weighted by Crippen LogP contribution is 2.27. The number of hydrogen-bond acceptors (Lipinski definition) is 3. The number of aliphatic carboxylic acids is 2. The standard InChI is InChI=1S/C11H12ClFN2.C4H4O4/c1-7(14)6-15-5-4-8-10(15)3-2-9(13)11(8)12;5-3(6)1-2-4(7)8/h2-5,7H,6,14H2,1H3;1-2H,(H,5,6)(H,7,8)/t7-;/m0./s1. The number of aromatic nitrogens is 1. The number of carboxylic acids is 2. The molecule has 0 saturated carbocycles. The van der Waals surface area contributed by atoms with Crippen molar-refractivity contribution in [3.8, 4) is 0 Å². The lowest BCUT2D eigenvalue weighted by molar-refractivity contribution is -0.134. The Balaban J connectivity index is 0.000000284. The number of carboxylic acid groups (broad SMARTS) is 2. The summed E-state index contributed by atoms with van der Waals surface area (Å²) in [6, 6.07) is 4.97. The maximum atomic E-state index is 13.2. The van der Waals surface area contributed by atoms with Crippen LogP contribution >= 0.6 is 11.6 Å². The summed E-state index contributed by atoms with van der Waals surface area (Å²) < 4.78 is 15.1. The van der Waals surface area contributed by atoms with E-state index in [0.717, 1.165) is 10.9 Å². The zero-order valence-electron chi connectivity index (χ0n) is 12.2. The first-order valence-electron chi connectivity index (χ1n) is 6.54. The quantitative estimate of drug-likeness (QED) is 0.740. The van der Waals surface area contributed by atoms with E-state index in [1.165, 1.54) is 6.07 Å². The van der Waals surface area contributed by atoms with Crippen molar-refractivity contribution in [1.82, 2.24) is 4.57 Å². The van der Waals surface area contributed by atoms with Gasteiger partial charge in [-0.1, -0.05) is 11.6 Å². The Kier molecular flexibility index (Phi) is 6.74. The minimum Gasteiger partial charge on any atom is -0.478 e. The summed E-state index contributed by atoms with van der Waals surface area (Å²) in [7, 11) is 0. The van der Waals surface area contributed by atoms with Crippen LogP contribution in [0, 0.1) is 5.82 Å². The zero-order chi connectivity index (χ0) is 17.6. The molecule has 0 aliphatic rings. The molecule has 0 amide bonds. The predicted molar refractivity (Wildman–Crippen MR) is 85.0 cm³/mol. The van der Waals surface area contributed by atoms with Gasteiger partial charge in [-0.3, -0.25) is 0 Å². The minimum atomic E-state index is -1.26. The smallest absolute Gasteiger partial charge is 0.328 e. The van der Waals surface area contributed by atoms with Gasteiger partial charge in [0.05, 0.1) is 5.02 Å². The Bertz CT molecular complexity index is 724. The van der Waals surface area contributed by atoms with E-state index in [4.69, 9.17) is 27.5 Å². The van der Waals surface area contributed by atoms with Gasteiger partial charge in [0.1, 0.15) is 5.82 Å². The summed E-state index contributed by atoms with van der Waals surface area (Å²) in [6.45, 7) is 2.63. The first-order chi connectivity index (χ1) is 10.7. The lowest BCUT2D eigenvalue weighted by Crippen LogP contribution is -2.21. The number of carbonyl (C=O) groups is 2. The number of fused-ring (bicyclic) bond motifs is 1. The van der Waals surface area contributed by atoms with Crippen LogP contribution in [-0.4, -0.2) is 32.8 Å². The van der Waals surface area contributed by atoms with Crippen LogP contribution in [0.3, 0.4) is 0 Å². The van der Waals surface area contributed by atoms with Gasteiger partial charge in [-0.15, -0.1) is 0 Å². The largest absolute Gasteiger partial charge is 0.478 e. The van der Waals surface area contributed by atoms with Crippen molar-refractivity contribution in [3.63, 3.8) is 0 Å². The molecule has 1 atom stereocenters. The number of benzene rings is 1. The van der Waals surface area contributed by atoms with E-state index < -0.39 is 11.9 Å². The number of rotatable bonds is 4. The Morgan fingerprint density at radius 3 is 2.35 bits per heavy atom. The molecule has 1 aromatic carbocycles. The third-order valence-electron chi connectivity index (χ3n) is 2.69. The molecule has 2 aromatic rings. The van der Waals surface area contributed by atoms with E-state index in [9.17, 15) is 14.0 Å². The van der Waals surface area contributed by atoms with Gasteiger partial charge in [-0.2, -0.15) is 0 Å². The van der Waals surface area contributed by atoms with Gasteiger partial charge >= 0.3 is 11.9 Å². The molecule has 1 aromatic heterocycles. The highest BCUT2D eigenvalue weighted by molar-refractivity contribution is 6.35. The van der Waals surface area contributed by atoms with Gasteiger partial charge in [0.2, 0.25) is 0 Å². The Morgan fingerprint density at radius 1 is 1.30 bits per heavy atom. The molecule has 0 spiro atoms. The van der Waals surface area contributed by atoms with Crippen LogP contribution in [0.5, 0.6) is 0 Å². The Labute approximate surface area is 136 Å². The Morgan fingerprint density at radius 2 is 1.87 bits per heavy atom. The van der Waals surface area contributed by atoms with Gasteiger partial charge in [0.15, 0.2) is 0 Å². The second-order valence-corrected chi connectivity index (χ2v) is 5.13. The summed E-state index contributed by atoms with van der Waals surface area (Å²) in [5.74, 6) is -2.90. The molecule has 0 fully saturated rings. The highest BCUT2D eigenvalue weighted by atomic mass is 35.5. The second-order valence-electron chi connectivity index (χ2n) is 4.75. The van der Waals surface area contributed by atoms with Gasteiger partial charge in [0.25, 0.3) is 0 Å². The first kappa shape index (κ1) is 18.7. The minimum absolute atomic E-state index is 0.0597. The third kappa shape index (κ3) is 5.72. The molecule has 0 bridgehead atoms. The lowest BCUT2D eigenvalue weighted by Gasteiger charge is -2.08. The van der Waals surface area contributed by atoms with Crippen LogP contribution < -0.4 is 5.73 Å². The molecule has 124 valence electrons. The zero-order valence-corrected chi connectivity index (χ0v) is 13.0. The molecule has 23 heavy (non-hydrogen) atoms. The van der Waals surface area contributed by atoms with Crippen LogP contribution in [0.2, 0.25) is 5.02 Å². The predicted octanol–water partition coefficient (Wildman–Crippen LogP) is 2.49. The summed E-state index contributed by atoms with van der Waals surface area (Å²) in [5.41, 5.74) is 6.63. The Hall–Kier alpha value is -2.38. The molecular formula is C15H16ClFN2O4. The molecule has 4 N–H and O–H groups in total. The van der Waals surface area contributed by atoms with E-state index in [1.807, 2.05) is 23.8 Å². The molecule has 0 saturated heterocycles. The third-order valence-corrected chi connectivity index (χ3v) is 3.08. The van der Waals surface area contributed by atoms with E-state index >= 15 is 0 Å². The fourth-order valence-electron chi connectivity index (χ4n) is 1.82. The summed E-state index contributed by atoms with van der Waals surface area (Å²) in [5, 5.41) is 16.5. The van der Waals surface area contributed by atoms with Crippen LogP contribution in [-0.2, 0) is 16.1 Å². The van der Waals surface area contributed by atoms with Crippen molar-refractivity contribution >= 4 is 34.4 Å². The summed E-state index contributed by atoms with van der Waals surface area (Å²) >= 11 is 5.86. The van der Waals surface area contributed by atoms with Crippen LogP contribution in [0.15, 0.2) is 36.5 Å². The average molecular weight is 343 g/mol. The fraction of sp³-hybridized carbons (Fsp3) is 0.200. The van der Waals surface area contributed by atoms with Crippen molar-refractivity contribution in [2.75, 3.05) is 0 Å². The van der Waals surface area contributed by atoms with Crippen LogP contribution in [0.1, 0.15) is 6.92 Å². The number of nitrogens with two attached hydrogens (primary N) is 1. The van der Waals surface area contributed by atoms with E-state index in [2.05, 4.69) is 0 Å². The van der Waals surface area contributed by atoms with Crippen molar-refractivity contribution in [3.05, 3.63) is 47.4 Å². The second kappa shape index (κ2) is 8.30. The lowest BCUT2D eigenvalue weighted by atomic mass is 10.2. The first-order valence-corrected chi connectivity index (χ1v) is 6.92. The maximum Gasteiger partial charge on any atom is 0.328 e. The van der Waals surface area contributed by atoms with Gasteiger partial charge in [0, 0.05) is 41.8 Å². The van der Waals surface area contributed by atoms with Crippen molar-refractivity contribution in [2.45, 2.75) is 19.5 Å². The molecule has 0 aliphatic carbocycles. The summed E-state index contributed by atoms with van der Waals surface area (Å²) in [4.78, 5) is 19.1. The maximum absolute atomic E-state index is 13.2. The van der Waals surface area contributed by atoms with E-state index in [-0.39, 0.29) is 16.9 Å². The van der Waals surface area contributed by atoms with Gasteiger partial charge < -0.3 is 20.5 Å². The average Bonchev–Trinajstić information content (AvgIpc) is 2.84. The van der Waals surface area contributed by atoms with Crippen LogP contribution in [0.25, 0.3) is 10.9 Å². The van der Waals surface area contributed by atoms with Crippen molar-refractivity contribution in [2.24, 2.45) is 5.73 Å². The number of hydrogen-bond donors (Lipinski definition) is 3. The monoisotopic (exact) mass is 342 g/mol. The SMILES string of the molecule is C[C@H](N)Cn1ccc2c(Cl)c(F)ccc21.O=C(O)C=CC(=O)O. The molecular weight excluding hydrogens is 327 g/mol. The van der Waals surface area contributed by atoms with E-state index in [1.54, 1.807) is 6.07 Å². The molecule has 0 unspecified atom stereocenters. The van der Waals surface area contributed by atoms with Crippen LogP contribution in [0.4, 0.5) is 4.39 Å². The van der Waals surface area contributed by atoms with E-state index in [0.29, 0.717) is 18.7 Å². The molecule has 0 aliphatic heterocycles.